The average molecular weight is 453 g/mol. The van der Waals surface area contributed by atoms with Crippen LogP contribution in [0.4, 0.5) is 5.82 Å². The maximum Gasteiger partial charge on any atom is 0.163 e. The molecule has 1 N–H and O–H groups in total. The van der Waals surface area contributed by atoms with Gasteiger partial charge in [-0.15, -0.1) is 0 Å². The first kappa shape index (κ1) is 23.1. The van der Waals surface area contributed by atoms with E-state index in [2.05, 4.69) is 34.6 Å². The Kier molecular flexibility index (Phi) is 7.63. The van der Waals surface area contributed by atoms with Crippen molar-refractivity contribution in [3.63, 3.8) is 0 Å². The van der Waals surface area contributed by atoms with Crippen LogP contribution in [0.5, 0.6) is 5.75 Å². The van der Waals surface area contributed by atoms with E-state index in [4.69, 9.17) is 19.4 Å². The summed E-state index contributed by atoms with van der Waals surface area (Å²) in [4.78, 5) is 13.9. The molecule has 2 aromatic carbocycles. The lowest BCUT2D eigenvalue weighted by atomic mass is 10.0. The smallest absolute Gasteiger partial charge is 0.163 e. The van der Waals surface area contributed by atoms with Gasteiger partial charge in [0.1, 0.15) is 11.6 Å². The molecule has 0 aliphatic heterocycles. The highest BCUT2D eigenvalue weighted by molar-refractivity contribution is 5.94. The summed E-state index contributed by atoms with van der Waals surface area (Å²) in [5.74, 6) is 2.24. The van der Waals surface area contributed by atoms with E-state index in [1.165, 1.54) is 0 Å². The van der Waals surface area contributed by atoms with Crippen molar-refractivity contribution in [3.8, 4) is 17.1 Å². The van der Waals surface area contributed by atoms with Gasteiger partial charge in [0.25, 0.3) is 0 Å². The van der Waals surface area contributed by atoms with Crippen molar-refractivity contribution in [2.24, 2.45) is 0 Å². The van der Waals surface area contributed by atoms with Crippen molar-refractivity contribution in [1.82, 2.24) is 15.0 Å². The van der Waals surface area contributed by atoms with Crippen LogP contribution in [0.15, 0.2) is 85.2 Å². The largest absolute Gasteiger partial charge is 0.497 e. The predicted octanol–water partition coefficient (Wildman–Crippen LogP) is 5.92. The summed E-state index contributed by atoms with van der Waals surface area (Å²) in [6.45, 7) is 3.16. The Labute approximate surface area is 200 Å². The fraction of sp³-hybridized carbons (Fsp3) is 0.179. The van der Waals surface area contributed by atoms with Gasteiger partial charge in [0, 0.05) is 37.0 Å². The highest BCUT2D eigenvalue weighted by Gasteiger charge is 2.12. The second-order valence-electron chi connectivity index (χ2n) is 7.69. The number of aromatic nitrogens is 3. The van der Waals surface area contributed by atoms with Crippen molar-refractivity contribution < 1.29 is 9.47 Å². The number of methoxy groups -OCH3 is 2. The summed E-state index contributed by atoms with van der Waals surface area (Å²) in [5.41, 5.74) is 5.02. The first-order chi connectivity index (χ1) is 16.7. The van der Waals surface area contributed by atoms with Crippen LogP contribution in [-0.2, 0) is 11.3 Å². The van der Waals surface area contributed by atoms with E-state index in [9.17, 15) is 0 Å². The Hall–Kier alpha value is -4.03. The molecule has 34 heavy (non-hydrogen) atoms. The summed E-state index contributed by atoms with van der Waals surface area (Å²) in [5, 5.41) is 4.47. The minimum Gasteiger partial charge on any atom is -0.497 e. The molecule has 172 valence electrons. The van der Waals surface area contributed by atoms with Gasteiger partial charge in [-0.3, -0.25) is 4.98 Å². The Morgan fingerprint density at radius 2 is 1.88 bits per heavy atom. The van der Waals surface area contributed by atoms with Crippen molar-refractivity contribution >= 4 is 22.3 Å². The SMILES string of the molecule is C/C=C\C(=C/COC)c1ccc2nc(-c3cccnc3)nc(NCc3ccc(OC)cc3)c2c1. The van der Waals surface area contributed by atoms with Crippen molar-refractivity contribution in [2.75, 3.05) is 26.1 Å². The van der Waals surface area contributed by atoms with Gasteiger partial charge in [0.2, 0.25) is 0 Å². The zero-order chi connectivity index (χ0) is 23.8. The zero-order valence-electron chi connectivity index (χ0n) is 19.7. The van der Waals surface area contributed by atoms with Gasteiger partial charge in [0.05, 0.1) is 19.2 Å². The molecule has 4 rings (SSSR count). The van der Waals surface area contributed by atoms with Gasteiger partial charge in [-0.05, 0) is 60.0 Å². The van der Waals surface area contributed by atoms with Gasteiger partial charge in [-0.25, -0.2) is 9.97 Å². The number of benzene rings is 2. The van der Waals surface area contributed by atoms with E-state index in [0.29, 0.717) is 19.0 Å². The zero-order valence-corrected chi connectivity index (χ0v) is 19.7. The van der Waals surface area contributed by atoms with E-state index < -0.39 is 0 Å². The van der Waals surface area contributed by atoms with Crippen molar-refractivity contribution in [1.29, 1.82) is 0 Å². The molecule has 6 nitrogen and oxygen atoms in total. The number of nitrogens with zero attached hydrogens (tertiary/aromatic N) is 3. The second kappa shape index (κ2) is 11.2. The van der Waals surface area contributed by atoms with E-state index in [1.807, 2.05) is 55.5 Å². The highest BCUT2D eigenvalue weighted by atomic mass is 16.5. The van der Waals surface area contributed by atoms with Crippen LogP contribution in [0.1, 0.15) is 18.1 Å². The number of ether oxygens (including phenoxy) is 2. The molecule has 2 heterocycles. The molecular weight excluding hydrogens is 424 g/mol. The van der Waals surface area contributed by atoms with Crippen molar-refractivity contribution in [3.05, 3.63) is 96.3 Å². The molecule has 0 radical (unpaired) electrons. The summed E-state index contributed by atoms with van der Waals surface area (Å²) in [6, 6.07) is 18.1. The molecule has 0 bridgehead atoms. The van der Waals surface area contributed by atoms with Gasteiger partial charge in [-0.1, -0.05) is 36.4 Å². The van der Waals surface area contributed by atoms with E-state index in [1.54, 1.807) is 26.6 Å². The molecule has 0 aliphatic rings. The molecule has 0 unspecified atom stereocenters. The van der Waals surface area contributed by atoms with Crippen LogP contribution in [-0.4, -0.2) is 35.8 Å². The predicted molar refractivity (Wildman–Crippen MR) is 138 cm³/mol. The Balaban J connectivity index is 1.77. The minimum atomic E-state index is 0.538. The fourth-order valence-corrected chi connectivity index (χ4v) is 3.63. The molecule has 0 amide bonds. The number of pyridine rings is 1. The normalized spacial score (nSPS) is 11.8. The third kappa shape index (κ3) is 5.47. The lowest BCUT2D eigenvalue weighted by Gasteiger charge is -2.13. The maximum atomic E-state index is 5.27. The van der Waals surface area contributed by atoms with Gasteiger partial charge in [0.15, 0.2) is 5.82 Å². The summed E-state index contributed by atoms with van der Waals surface area (Å²) < 4.78 is 10.5. The highest BCUT2D eigenvalue weighted by Crippen LogP contribution is 2.29. The van der Waals surface area contributed by atoms with E-state index in [0.717, 1.165) is 44.7 Å². The molecule has 0 aliphatic carbocycles. The summed E-state index contributed by atoms with van der Waals surface area (Å²) in [6.07, 6.45) is 9.69. The fourth-order valence-electron chi connectivity index (χ4n) is 3.63. The van der Waals surface area contributed by atoms with Crippen LogP contribution in [0.3, 0.4) is 0 Å². The van der Waals surface area contributed by atoms with Gasteiger partial charge < -0.3 is 14.8 Å². The summed E-state index contributed by atoms with van der Waals surface area (Å²) in [7, 11) is 3.36. The molecule has 0 saturated heterocycles. The number of fused-ring (bicyclic) bond motifs is 1. The first-order valence-corrected chi connectivity index (χ1v) is 11.1. The molecule has 0 fully saturated rings. The van der Waals surface area contributed by atoms with E-state index in [-0.39, 0.29) is 0 Å². The lowest BCUT2D eigenvalue weighted by Crippen LogP contribution is -2.05. The minimum absolute atomic E-state index is 0.538. The maximum absolute atomic E-state index is 5.27. The van der Waals surface area contributed by atoms with Gasteiger partial charge >= 0.3 is 0 Å². The number of hydrogen-bond acceptors (Lipinski definition) is 6. The molecule has 0 saturated carbocycles. The van der Waals surface area contributed by atoms with E-state index >= 15 is 0 Å². The van der Waals surface area contributed by atoms with Crippen LogP contribution < -0.4 is 10.1 Å². The standard InChI is InChI=1S/C28H28N4O2/c1-4-6-21(14-16-33-2)22-10-13-26-25(17-22)28(30-18-20-8-11-24(34-3)12-9-20)32-27(31-26)23-7-5-15-29-19-23/h4-15,17,19H,16,18H2,1-3H3,(H,30,31,32)/b6-4-,21-14+. The molecule has 0 atom stereocenters. The average Bonchev–Trinajstić information content (AvgIpc) is 2.90. The monoisotopic (exact) mass is 452 g/mol. The number of rotatable bonds is 9. The number of anilines is 1. The number of hydrogen-bond donors (Lipinski definition) is 1. The molecule has 0 spiro atoms. The third-order valence-corrected chi connectivity index (χ3v) is 5.38. The Morgan fingerprint density at radius 1 is 1.03 bits per heavy atom. The van der Waals surface area contributed by atoms with Crippen LogP contribution >= 0.6 is 0 Å². The van der Waals surface area contributed by atoms with Gasteiger partial charge in [-0.2, -0.15) is 0 Å². The quantitative estimate of drug-likeness (QED) is 0.318. The Bertz CT molecular complexity index is 1300. The van der Waals surface area contributed by atoms with Crippen LogP contribution in [0.2, 0.25) is 0 Å². The molecule has 4 aromatic rings. The van der Waals surface area contributed by atoms with Crippen molar-refractivity contribution in [2.45, 2.75) is 13.5 Å². The molecule has 2 aromatic heterocycles. The first-order valence-electron chi connectivity index (χ1n) is 11.1. The van der Waals surface area contributed by atoms with Crippen LogP contribution in [0.25, 0.3) is 27.9 Å². The second-order valence-corrected chi connectivity index (χ2v) is 7.69. The molecule has 6 heteroatoms. The van der Waals surface area contributed by atoms with Crippen LogP contribution in [0, 0.1) is 0 Å². The molecular formula is C28H28N4O2. The Morgan fingerprint density at radius 3 is 2.59 bits per heavy atom. The third-order valence-electron chi connectivity index (χ3n) is 5.38. The number of nitrogens with one attached hydrogen (secondary N) is 1. The summed E-state index contributed by atoms with van der Waals surface area (Å²) >= 11 is 0. The lowest BCUT2D eigenvalue weighted by molar-refractivity contribution is 0.234. The number of allylic oxidation sites excluding steroid dienone is 3. The topological polar surface area (TPSA) is 69.2 Å².